The van der Waals surface area contributed by atoms with Crippen LogP contribution < -0.4 is 5.32 Å². The largest absolute Gasteiger partial charge is 0.480 e. The van der Waals surface area contributed by atoms with Gasteiger partial charge in [-0.25, -0.2) is 0 Å². The molecule has 0 bridgehead atoms. The summed E-state index contributed by atoms with van der Waals surface area (Å²) in [5, 5.41) is 12.8. The van der Waals surface area contributed by atoms with E-state index in [4.69, 9.17) is 16.7 Å². The molecule has 2 atom stereocenters. The molecule has 17 heavy (non-hydrogen) atoms. The van der Waals surface area contributed by atoms with E-state index in [1.165, 1.54) is 0 Å². The summed E-state index contributed by atoms with van der Waals surface area (Å²) in [5.74, 6) is -0.807. The SMILES string of the molecule is CCC(NC(C)Cc1ccccc1Cl)C(=O)O. The van der Waals surface area contributed by atoms with E-state index in [0.717, 1.165) is 17.0 Å². The van der Waals surface area contributed by atoms with Crippen molar-refractivity contribution in [3.05, 3.63) is 34.9 Å². The molecule has 0 amide bonds. The Bertz CT molecular complexity index is 381. The molecule has 3 nitrogen and oxygen atoms in total. The summed E-state index contributed by atoms with van der Waals surface area (Å²) >= 11 is 6.06. The van der Waals surface area contributed by atoms with Crippen LogP contribution in [0.4, 0.5) is 0 Å². The molecule has 0 aliphatic rings. The highest BCUT2D eigenvalue weighted by Crippen LogP contribution is 2.16. The molecule has 2 N–H and O–H groups in total. The Morgan fingerprint density at radius 2 is 2.12 bits per heavy atom. The van der Waals surface area contributed by atoms with Gasteiger partial charge in [0.05, 0.1) is 0 Å². The van der Waals surface area contributed by atoms with E-state index in [-0.39, 0.29) is 6.04 Å². The smallest absolute Gasteiger partial charge is 0.320 e. The standard InChI is InChI=1S/C13H18ClNO2/c1-3-12(13(16)17)15-9(2)8-10-6-4-5-7-11(10)14/h4-7,9,12,15H,3,8H2,1-2H3,(H,16,17). The molecule has 1 rings (SSSR count). The van der Waals surface area contributed by atoms with Gasteiger partial charge in [-0.2, -0.15) is 0 Å². The van der Waals surface area contributed by atoms with Crippen LogP contribution >= 0.6 is 11.6 Å². The van der Waals surface area contributed by atoms with E-state index in [0.29, 0.717) is 6.42 Å². The van der Waals surface area contributed by atoms with Gasteiger partial charge in [-0.1, -0.05) is 36.7 Å². The molecule has 0 spiro atoms. The van der Waals surface area contributed by atoms with Crippen molar-refractivity contribution >= 4 is 17.6 Å². The summed E-state index contributed by atoms with van der Waals surface area (Å²) in [5.41, 5.74) is 1.04. The number of carboxylic acid groups (broad SMARTS) is 1. The summed E-state index contributed by atoms with van der Waals surface area (Å²) in [6.07, 6.45) is 1.30. The second kappa shape index (κ2) is 6.62. The zero-order valence-electron chi connectivity index (χ0n) is 10.1. The van der Waals surface area contributed by atoms with Gasteiger partial charge in [0.25, 0.3) is 0 Å². The van der Waals surface area contributed by atoms with Gasteiger partial charge in [-0.3, -0.25) is 4.79 Å². The third-order valence-electron chi connectivity index (χ3n) is 2.68. The summed E-state index contributed by atoms with van der Waals surface area (Å²) in [6, 6.07) is 7.21. The van der Waals surface area contributed by atoms with Crippen LogP contribution in [-0.2, 0) is 11.2 Å². The number of hydrogen-bond donors (Lipinski definition) is 2. The molecule has 0 aliphatic carbocycles. The maximum absolute atomic E-state index is 10.9. The lowest BCUT2D eigenvalue weighted by molar-refractivity contribution is -0.139. The third kappa shape index (κ3) is 4.36. The van der Waals surface area contributed by atoms with Crippen LogP contribution in [0.15, 0.2) is 24.3 Å². The predicted octanol–water partition coefficient (Wildman–Crippen LogP) is 2.72. The Kier molecular flexibility index (Phi) is 5.45. The van der Waals surface area contributed by atoms with Gasteiger partial charge in [0.15, 0.2) is 0 Å². The first-order valence-corrected chi connectivity index (χ1v) is 6.14. The van der Waals surface area contributed by atoms with Crippen LogP contribution in [0.5, 0.6) is 0 Å². The highest BCUT2D eigenvalue weighted by atomic mass is 35.5. The zero-order valence-corrected chi connectivity index (χ0v) is 10.9. The van der Waals surface area contributed by atoms with Crippen LogP contribution in [-0.4, -0.2) is 23.2 Å². The third-order valence-corrected chi connectivity index (χ3v) is 3.04. The highest BCUT2D eigenvalue weighted by Gasteiger charge is 2.17. The average molecular weight is 256 g/mol. The van der Waals surface area contributed by atoms with Crippen LogP contribution in [0.1, 0.15) is 25.8 Å². The van der Waals surface area contributed by atoms with Crippen molar-refractivity contribution in [1.29, 1.82) is 0 Å². The first-order valence-electron chi connectivity index (χ1n) is 5.76. The quantitative estimate of drug-likeness (QED) is 0.822. The first kappa shape index (κ1) is 14.0. The molecular weight excluding hydrogens is 238 g/mol. The number of carboxylic acids is 1. The van der Waals surface area contributed by atoms with Crippen molar-refractivity contribution in [3.63, 3.8) is 0 Å². The van der Waals surface area contributed by atoms with Gasteiger partial charge < -0.3 is 10.4 Å². The number of benzene rings is 1. The predicted molar refractivity (Wildman–Crippen MR) is 69.5 cm³/mol. The van der Waals surface area contributed by atoms with E-state index >= 15 is 0 Å². The van der Waals surface area contributed by atoms with E-state index in [1.807, 2.05) is 38.1 Å². The van der Waals surface area contributed by atoms with Crippen LogP contribution in [0.2, 0.25) is 5.02 Å². The van der Waals surface area contributed by atoms with Crippen LogP contribution in [0.3, 0.4) is 0 Å². The minimum Gasteiger partial charge on any atom is -0.480 e. The van der Waals surface area contributed by atoms with Crippen LogP contribution in [0.25, 0.3) is 0 Å². The zero-order chi connectivity index (χ0) is 12.8. The second-order valence-electron chi connectivity index (χ2n) is 4.16. The average Bonchev–Trinajstić information content (AvgIpc) is 2.28. The number of nitrogens with one attached hydrogen (secondary N) is 1. The monoisotopic (exact) mass is 255 g/mol. The molecule has 0 fully saturated rings. The molecule has 4 heteroatoms. The lowest BCUT2D eigenvalue weighted by atomic mass is 10.1. The molecular formula is C13H18ClNO2. The Morgan fingerprint density at radius 3 is 2.65 bits per heavy atom. The topological polar surface area (TPSA) is 49.3 Å². The molecule has 0 aromatic heterocycles. The molecule has 0 aliphatic heterocycles. The number of carbonyl (C=O) groups is 1. The van der Waals surface area contributed by atoms with Crippen molar-refractivity contribution in [2.45, 2.75) is 38.8 Å². The molecule has 1 aromatic carbocycles. The van der Waals surface area contributed by atoms with Crippen molar-refractivity contribution in [2.24, 2.45) is 0 Å². The Hall–Kier alpha value is -1.06. The Labute approximate surface area is 107 Å². The van der Waals surface area contributed by atoms with E-state index in [2.05, 4.69) is 5.32 Å². The van der Waals surface area contributed by atoms with Crippen molar-refractivity contribution < 1.29 is 9.90 Å². The van der Waals surface area contributed by atoms with Gasteiger partial charge in [-0.05, 0) is 31.4 Å². The number of aliphatic carboxylic acids is 1. The minimum atomic E-state index is -0.807. The van der Waals surface area contributed by atoms with Gasteiger partial charge in [0.2, 0.25) is 0 Å². The van der Waals surface area contributed by atoms with Crippen molar-refractivity contribution in [2.75, 3.05) is 0 Å². The molecule has 2 unspecified atom stereocenters. The van der Waals surface area contributed by atoms with E-state index in [1.54, 1.807) is 0 Å². The molecule has 0 saturated heterocycles. The lowest BCUT2D eigenvalue weighted by Gasteiger charge is -2.19. The van der Waals surface area contributed by atoms with Gasteiger partial charge in [-0.15, -0.1) is 0 Å². The highest BCUT2D eigenvalue weighted by molar-refractivity contribution is 6.31. The molecule has 0 heterocycles. The van der Waals surface area contributed by atoms with Gasteiger partial charge in [0, 0.05) is 11.1 Å². The van der Waals surface area contributed by atoms with Gasteiger partial charge >= 0.3 is 5.97 Å². The Morgan fingerprint density at radius 1 is 1.47 bits per heavy atom. The fourth-order valence-electron chi connectivity index (χ4n) is 1.76. The fourth-order valence-corrected chi connectivity index (χ4v) is 1.97. The van der Waals surface area contributed by atoms with Gasteiger partial charge in [0.1, 0.15) is 6.04 Å². The lowest BCUT2D eigenvalue weighted by Crippen LogP contribution is -2.42. The fraction of sp³-hybridized carbons (Fsp3) is 0.462. The molecule has 94 valence electrons. The van der Waals surface area contributed by atoms with Crippen molar-refractivity contribution in [3.8, 4) is 0 Å². The number of halogens is 1. The van der Waals surface area contributed by atoms with Crippen LogP contribution in [0, 0.1) is 0 Å². The molecule has 0 radical (unpaired) electrons. The second-order valence-corrected chi connectivity index (χ2v) is 4.57. The minimum absolute atomic E-state index is 0.0796. The molecule has 0 saturated carbocycles. The molecule has 1 aromatic rings. The summed E-state index contributed by atoms with van der Waals surface area (Å²) < 4.78 is 0. The van der Waals surface area contributed by atoms with E-state index < -0.39 is 12.0 Å². The van der Waals surface area contributed by atoms with Crippen molar-refractivity contribution in [1.82, 2.24) is 5.32 Å². The van der Waals surface area contributed by atoms with E-state index in [9.17, 15) is 4.79 Å². The summed E-state index contributed by atoms with van der Waals surface area (Å²) in [7, 11) is 0. The number of hydrogen-bond acceptors (Lipinski definition) is 2. The Balaban J connectivity index is 2.58. The summed E-state index contributed by atoms with van der Waals surface area (Å²) in [6.45, 7) is 3.82. The first-order chi connectivity index (χ1) is 8.04. The maximum atomic E-state index is 10.9. The maximum Gasteiger partial charge on any atom is 0.320 e. The normalized spacial score (nSPS) is 14.3. The summed E-state index contributed by atoms with van der Waals surface area (Å²) in [4.78, 5) is 10.9. The number of rotatable bonds is 6.